The molecule has 7 nitrogen and oxygen atoms in total. The molecule has 1 unspecified atom stereocenters. The van der Waals surface area contributed by atoms with Crippen LogP contribution in [0.4, 0.5) is 0 Å². The zero-order valence-corrected chi connectivity index (χ0v) is 12.4. The topological polar surface area (TPSA) is 68.8 Å². The largest absolute Gasteiger partial charge is 0.335 e. The molecule has 0 spiro atoms. The molecule has 1 atom stereocenters. The smallest absolute Gasteiger partial charge is 0.272 e. The van der Waals surface area contributed by atoms with E-state index in [0.29, 0.717) is 18.8 Å². The lowest BCUT2D eigenvalue weighted by Crippen LogP contribution is -2.41. The third-order valence-corrected chi connectivity index (χ3v) is 3.92. The number of carbonyl (C=O) groups excluding carboxylic acids is 1. The van der Waals surface area contributed by atoms with Gasteiger partial charge in [-0.2, -0.15) is 10.2 Å². The van der Waals surface area contributed by atoms with E-state index in [1.807, 2.05) is 29.5 Å². The van der Waals surface area contributed by atoms with Crippen LogP contribution in [-0.4, -0.2) is 48.4 Å². The first-order chi connectivity index (χ1) is 10.2. The van der Waals surface area contributed by atoms with Gasteiger partial charge in [0.25, 0.3) is 5.91 Å². The normalized spacial score (nSPS) is 19.0. The fourth-order valence-electron chi connectivity index (χ4n) is 2.88. The van der Waals surface area contributed by atoms with Gasteiger partial charge in [0.1, 0.15) is 18.3 Å². The van der Waals surface area contributed by atoms with Crippen LogP contribution in [0.3, 0.4) is 0 Å². The molecule has 1 amide bonds. The average molecular weight is 288 g/mol. The number of piperidine rings is 1. The van der Waals surface area contributed by atoms with Gasteiger partial charge in [0.2, 0.25) is 0 Å². The highest BCUT2D eigenvalue weighted by Crippen LogP contribution is 2.22. The summed E-state index contributed by atoms with van der Waals surface area (Å²) in [6.07, 6.45) is 5.27. The molecule has 1 aliphatic heterocycles. The molecule has 0 bridgehead atoms. The second-order valence-corrected chi connectivity index (χ2v) is 5.41. The Kier molecular flexibility index (Phi) is 3.72. The summed E-state index contributed by atoms with van der Waals surface area (Å²) in [5.41, 5.74) is 1.55. The molecule has 2 aromatic heterocycles. The third kappa shape index (κ3) is 2.68. The summed E-state index contributed by atoms with van der Waals surface area (Å²) < 4.78 is 3.62. The number of hydrogen-bond acceptors (Lipinski definition) is 4. The number of hydrogen-bond donors (Lipinski definition) is 0. The minimum Gasteiger partial charge on any atom is -0.335 e. The molecule has 0 radical (unpaired) electrons. The molecule has 3 rings (SSSR count). The Morgan fingerprint density at radius 3 is 3.05 bits per heavy atom. The van der Waals surface area contributed by atoms with Gasteiger partial charge in [0, 0.05) is 19.6 Å². The van der Waals surface area contributed by atoms with E-state index in [9.17, 15) is 4.79 Å². The zero-order valence-electron chi connectivity index (χ0n) is 12.4. The number of rotatable bonds is 3. The molecular weight excluding hydrogens is 268 g/mol. The quantitative estimate of drug-likeness (QED) is 0.853. The fourth-order valence-corrected chi connectivity index (χ4v) is 2.88. The number of nitrogens with zero attached hydrogens (tertiary/aromatic N) is 6. The first kappa shape index (κ1) is 13.8. The average Bonchev–Trinajstić information content (AvgIpc) is 3.15. The summed E-state index contributed by atoms with van der Waals surface area (Å²) in [6.45, 7) is 6.08. The molecule has 1 saturated heterocycles. The van der Waals surface area contributed by atoms with E-state index in [1.54, 1.807) is 11.0 Å². The van der Waals surface area contributed by atoms with E-state index < -0.39 is 0 Å². The van der Waals surface area contributed by atoms with Crippen molar-refractivity contribution in [2.24, 2.45) is 0 Å². The molecule has 112 valence electrons. The van der Waals surface area contributed by atoms with E-state index >= 15 is 0 Å². The van der Waals surface area contributed by atoms with Gasteiger partial charge in [-0.3, -0.25) is 9.48 Å². The summed E-state index contributed by atoms with van der Waals surface area (Å²) in [5, 5.41) is 8.55. The maximum absolute atomic E-state index is 12.7. The lowest BCUT2D eigenvalue weighted by molar-refractivity contribution is 0.0660. The van der Waals surface area contributed by atoms with Crippen molar-refractivity contribution in [1.82, 2.24) is 29.4 Å². The lowest BCUT2D eigenvalue weighted by atomic mass is 10.1. The Morgan fingerprint density at radius 1 is 1.48 bits per heavy atom. The van der Waals surface area contributed by atoms with E-state index in [4.69, 9.17) is 0 Å². The van der Waals surface area contributed by atoms with Gasteiger partial charge < -0.3 is 4.90 Å². The summed E-state index contributed by atoms with van der Waals surface area (Å²) in [6, 6.07) is 2.08. The number of aromatic nitrogens is 5. The summed E-state index contributed by atoms with van der Waals surface area (Å²) in [7, 11) is 0. The highest BCUT2D eigenvalue weighted by Gasteiger charge is 2.27. The molecule has 0 N–H and O–H groups in total. The maximum atomic E-state index is 12.7. The third-order valence-electron chi connectivity index (χ3n) is 3.92. The van der Waals surface area contributed by atoms with Gasteiger partial charge in [-0.25, -0.2) is 9.67 Å². The van der Waals surface area contributed by atoms with Crippen LogP contribution in [0, 0.1) is 6.92 Å². The van der Waals surface area contributed by atoms with Crippen molar-refractivity contribution in [3.8, 4) is 0 Å². The molecule has 0 aromatic carbocycles. The molecule has 2 aromatic rings. The van der Waals surface area contributed by atoms with Gasteiger partial charge >= 0.3 is 0 Å². The van der Waals surface area contributed by atoms with E-state index in [2.05, 4.69) is 15.2 Å². The lowest BCUT2D eigenvalue weighted by Gasteiger charge is -2.32. The second-order valence-electron chi connectivity index (χ2n) is 5.41. The predicted molar refractivity (Wildman–Crippen MR) is 76.8 cm³/mol. The Bertz CT molecular complexity index is 617. The Labute approximate surface area is 123 Å². The first-order valence-corrected chi connectivity index (χ1v) is 7.37. The van der Waals surface area contributed by atoms with Crippen LogP contribution in [0.25, 0.3) is 0 Å². The van der Waals surface area contributed by atoms with Crippen molar-refractivity contribution in [2.75, 3.05) is 13.1 Å². The van der Waals surface area contributed by atoms with E-state index in [0.717, 1.165) is 25.1 Å². The molecule has 7 heteroatoms. The molecule has 21 heavy (non-hydrogen) atoms. The van der Waals surface area contributed by atoms with Crippen LogP contribution < -0.4 is 0 Å². The second kappa shape index (κ2) is 5.67. The van der Waals surface area contributed by atoms with Crippen LogP contribution in [0.15, 0.2) is 18.7 Å². The summed E-state index contributed by atoms with van der Waals surface area (Å²) >= 11 is 0. The Balaban J connectivity index is 1.78. The number of carbonyl (C=O) groups is 1. The number of aryl methyl sites for hydroxylation is 2. The molecule has 0 saturated carbocycles. The van der Waals surface area contributed by atoms with Crippen molar-refractivity contribution in [3.05, 3.63) is 30.1 Å². The highest BCUT2D eigenvalue weighted by molar-refractivity contribution is 5.92. The maximum Gasteiger partial charge on any atom is 0.272 e. The Morgan fingerprint density at radius 2 is 2.33 bits per heavy atom. The fraction of sp³-hybridized carbons (Fsp3) is 0.571. The van der Waals surface area contributed by atoms with E-state index in [1.165, 1.54) is 6.33 Å². The van der Waals surface area contributed by atoms with Crippen LogP contribution in [0.1, 0.15) is 42.0 Å². The van der Waals surface area contributed by atoms with Crippen LogP contribution >= 0.6 is 0 Å². The summed E-state index contributed by atoms with van der Waals surface area (Å²) in [4.78, 5) is 18.6. The van der Waals surface area contributed by atoms with Crippen LogP contribution in [-0.2, 0) is 6.54 Å². The molecule has 3 heterocycles. The Hall–Kier alpha value is -2.18. The van der Waals surface area contributed by atoms with Gasteiger partial charge in [-0.05, 0) is 32.8 Å². The standard InChI is InChI=1S/C14H20N6O/c1-3-19-13(7-11(2)17-19)14(21)18-6-4-5-12(8-18)20-10-15-9-16-20/h7,9-10,12H,3-6,8H2,1-2H3. The molecule has 1 fully saturated rings. The highest BCUT2D eigenvalue weighted by atomic mass is 16.2. The van der Waals surface area contributed by atoms with Crippen molar-refractivity contribution < 1.29 is 4.79 Å². The van der Waals surface area contributed by atoms with Gasteiger partial charge in [0.05, 0.1) is 11.7 Å². The predicted octanol–water partition coefficient (Wildman–Crippen LogP) is 1.28. The van der Waals surface area contributed by atoms with Crippen LogP contribution in [0.2, 0.25) is 0 Å². The van der Waals surface area contributed by atoms with Gasteiger partial charge in [0.15, 0.2) is 0 Å². The first-order valence-electron chi connectivity index (χ1n) is 7.37. The zero-order chi connectivity index (χ0) is 14.8. The van der Waals surface area contributed by atoms with E-state index in [-0.39, 0.29) is 11.9 Å². The summed E-state index contributed by atoms with van der Waals surface area (Å²) in [5.74, 6) is 0.0577. The monoisotopic (exact) mass is 288 g/mol. The van der Waals surface area contributed by atoms with Crippen molar-refractivity contribution in [1.29, 1.82) is 0 Å². The van der Waals surface area contributed by atoms with Crippen molar-refractivity contribution in [3.63, 3.8) is 0 Å². The SMILES string of the molecule is CCn1nc(C)cc1C(=O)N1CCCC(n2cncn2)C1. The number of likely N-dealkylation sites (tertiary alicyclic amines) is 1. The molecule has 1 aliphatic rings. The minimum atomic E-state index is 0.0577. The van der Waals surface area contributed by atoms with Gasteiger partial charge in [-0.1, -0.05) is 0 Å². The van der Waals surface area contributed by atoms with Gasteiger partial charge in [-0.15, -0.1) is 0 Å². The minimum absolute atomic E-state index is 0.0577. The molecule has 0 aliphatic carbocycles. The molecular formula is C14H20N6O. The number of amides is 1. The van der Waals surface area contributed by atoms with Crippen LogP contribution in [0.5, 0.6) is 0 Å². The van der Waals surface area contributed by atoms with Crippen molar-refractivity contribution >= 4 is 5.91 Å². The van der Waals surface area contributed by atoms with Crippen molar-refractivity contribution in [2.45, 2.75) is 39.3 Å².